The summed E-state index contributed by atoms with van der Waals surface area (Å²) in [6, 6.07) is 9.58. The van der Waals surface area contributed by atoms with Gasteiger partial charge in [0.15, 0.2) is 5.78 Å². The maximum Gasteiger partial charge on any atom is 0.270 e. The van der Waals surface area contributed by atoms with Crippen LogP contribution in [0.15, 0.2) is 42.5 Å². The number of carbonyl (C=O) groups is 1. The molecule has 0 N–H and O–H groups in total. The Morgan fingerprint density at radius 3 is 2.48 bits per heavy atom. The lowest BCUT2D eigenvalue weighted by molar-refractivity contribution is -0.384. The van der Waals surface area contributed by atoms with Gasteiger partial charge in [0.1, 0.15) is 18.2 Å². The predicted molar refractivity (Wildman–Crippen MR) is 73.8 cm³/mol. The molecule has 0 aromatic heterocycles. The van der Waals surface area contributed by atoms with E-state index in [0.717, 1.165) is 5.56 Å². The average Bonchev–Trinajstić information content (AvgIpc) is 2.46. The van der Waals surface area contributed by atoms with Crippen molar-refractivity contribution in [3.05, 3.63) is 69.5 Å². The number of nitro benzene ring substituents is 1. The van der Waals surface area contributed by atoms with Gasteiger partial charge < -0.3 is 4.74 Å². The lowest BCUT2D eigenvalue weighted by Gasteiger charge is -2.09. The molecule has 0 aliphatic heterocycles. The minimum Gasteiger partial charge on any atom is -0.488 e. The highest BCUT2D eigenvalue weighted by Crippen LogP contribution is 2.25. The van der Waals surface area contributed by atoms with Crippen molar-refractivity contribution in [1.82, 2.24) is 0 Å². The summed E-state index contributed by atoms with van der Waals surface area (Å²) < 4.78 is 18.3. The molecule has 0 amide bonds. The smallest absolute Gasteiger partial charge is 0.270 e. The number of ether oxygens (including phenoxy) is 1. The molecular formula is C15H12FNO4. The first-order chi connectivity index (χ1) is 9.97. The Kier molecular flexibility index (Phi) is 4.27. The molecule has 2 aromatic rings. The topological polar surface area (TPSA) is 69.4 Å². The molecule has 0 saturated heterocycles. The minimum atomic E-state index is -0.573. The van der Waals surface area contributed by atoms with Gasteiger partial charge in [-0.1, -0.05) is 12.1 Å². The van der Waals surface area contributed by atoms with Gasteiger partial charge in [-0.25, -0.2) is 4.39 Å². The summed E-state index contributed by atoms with van der Waals surface area (Å²) in [6.07, 6.45) is 0. The van der Waals surface area contributed by atoms with Gasteiger partial charge in [0.05, 0.1) is 10.5 Å². The number of hydrogen-bond acceptors (Lipinski definition) is 4. The van der Waals surface area contributed by atoms with E-state index in [2.05, 4.69) is 0 Å². The number of Topliss-reactive ketones (excluding diaryl/α,β-unsaturated/α-hetero) is 1. The second-order valence-electron chi connectivity index (χ2n) is 4.41. The number of carbonyl (C=O) groups excluding carboxylic acids is 1. The predicted octanol–water partition coefficient (Wildman–Crippen LogP) is 3.52. The molecule has 5 nitrogen and oxygen atoms in total. The van der Waals surface area contributed by atoms with Crippen molar-refractivity contribution < 1.29 is 18.8 Å². The molecule has 0 saturated carbocycles. The normalized spacial score (nSPS) is 10.2. The van der Waals surface area contributed by atoms with E-state index in [1.807, 2.05) is 0 Å². The van der Waals surface area contributed by atoms with Crippen LogP contribution in [0.4, 0.5) is 10.1 Å². The lowest BCUT2D eigenvalue weighted by atomic mass is 10.1. The number of non-ortho nitro benzene ring substituents is 1. The van der Waals surface area contributed by atoms with Crippen LogP contribution in [-0.2, 0) is 6.61 Å². The molecular weight excluding hydrogens is 277 g/mol. The molecule has 0 radical (unpaired) electrons. The zero-order valence-corrected chi connectivity index (χ0v) is 11.2. The quantitative estimate of drug-likeness (QED) is 0.480. The Bertz CT molecular complexity index is 683. The molecule has 108 valence electrons. The largest absolute Gasteiger partial charge is 0.488 e. The number of hydrogen-bond donors (Lipinski definition) is 0. The fraction of sp³-hybridized carbons (Fsp3) is 0.133. The van der Waals surface area contributed by atoms with E-state index in [1.165, 1.54) is 37.3 Å². The van der Waals surface area contributed by atoms with Crippen LogP contribution in [-0.4, -0.2) is 10.7 Å². The van der Waals surface area contributed by atoms with Gasteiger partial charge in [-0.05, 0) is 30.7 Å². The highest BCUT2D eigenvalue weighted by Gasteiger charge is 2.15. The highest BCUT2D eigenvalue weighted by atomic mass is 19.1. The SMILES string of the molecule is CC(=O)c1cc([N+](=O)[O-])ccc1OCc1ccc(F)cc1. The third kappa shape index (κ3) is 3.62. The average molecular weight is 289 g/mol. The molecule has 0 heterocycles. The molecule has 0 aliphatic rings. The van der Waals surface area contributed by atoms with Gasteiger partial charge in [0, 0.05) is 12.1 Å². The molecule has 21 heavy (non-hydrogen) atoms. The Morgan fingerprint density at radius 1 is 1.24 bits per heavy atom. The molecule has 0 unspecified atom stereocenters. The number of halogens is 1. The first-order valence-electron chi connectivity index (χ1n) is 6.14. The van der Waals surface area contributed by atoms with Crippen LogP contribution in [0.25, 0.3) is 0 Å². The fourth-order valence-corrected chi connectivity index (χ4v) is 1.77. The van der Waals surface area contributed by atoms with E-state index in [4.69, 9.17) is 4.74 Å². The van der Waals surface area contributed by atoms with Crippen LogP contribution in [0.3, 0.4) is 0 Å². The van der Waals surface area contributed by atoms with Gasteiger partial charge in [-0.2, -0.15) is 0 Å². The third-order valence-electron chi connectivity index (χ3n) is 2.86. The van der Waals surface area contributed by atoms with E-state index < -0.39 is 4.92 Å². The van der Waals surface area contributed by atoms with Gasteiger partial charge in [0.2, 0.25) is 0 Å². The van der Waals surface area contributed by atoms with E-state index in [-0.39, 0.29) is 35.2 Å². The Morgan fingerprint density at radius 2 is 1.90 bits per heavy atom. The van der Waals surface area contributed by atoms with Crippen molar-refractivity contribution in [2.24, 2.45) is 0 Å². The summed E-state index contributed by atoms with van der Waals surface area (Å²) in [4.78, 5) is 21.7. The summed E-state index contributed by atoms with van der Waals surface area (Å²) in [5.74, 6) is -0.413. The van der Waals surface area contributed by atoms with Crippen molar-refractivity contribution in [2.45, 2.75) is 13.5 Å². The first-order valence-corrected chi connectivity index (χ1v) is 6.14. The van der Waals surface area contributed by atoms with Crippen molar-refractivity contribution in [1.29, 1.82) is 0 Å². The Labute approximate surface area is 120 Å². The van der Waals surface area contributed by atoms with Crippen LogP contribution in [0.5, 0.6) is 5.75 Å². The highest BCUT2D eigenvalue weighted by molar-refractivity contribution is 5.97. The zero-order valence-electron chi connectivity index (χ0n) is 11.2. The standard InChI is InChI=1S/C15H12FNO4/c1-10(18)14-8-13(17(19)20)6-7-15(14)21-9-11-2-4-12(16)5-3-11/h2-8H,9H2,1H3. The van der Waals surface area contributed by atoms with Crippen LogP contribution in [0, 0.1) is 15.9 Å². The molecule has 0 spiro atoms. The monoisotopic (exact) mass is 289 g/mol. The number of benzene rings is 2. The molecule has 0 atom stereocenters. The Balaban J connectivity index is 2.21. The summed E-state index contributed by atoms with van der Waals surface area (Å²) in [5, 5.41) is 10.7. The summed E-state index contributed by atoms with van der Waals surface area (Å²) >= 11 is 0. The lowest BCUT2D eigenvalue weighted by Crippen LogP contribution is -2.03. The maximum atomic E-state index is 12.8. The maximum absolute atomic E-state index is 12.8. The number of ketones is 1. The zero-order chi connectivity index (χ0) is 15.4. The second kappa shape index (κ2) is 6.13. The minimum absolute atomic E-state index is 0.137. The van der Waals surface area contributed by atoms with Gasteiger partial charge in [-0.3, -0.25) is 14.9 Å². The fourth-order valence-electron chi connectivity index (χ4n) is 1.77. The Hall–Kier alpha value is -2.76. The summed E-state index contributed by atoms with van der Waals surface area (Å²) in [7, 11) is 0. The summed E-state index contributed by atoms with van der Waals surface area (Å²) in [5.41, 5.74) is 0.699. The van der Waals surface area contributed by atoms with Crippen LogP contribution in [0.1, 0.15) is 22.8 Å². The molecule has 0 aliphatic carbocycles. The molecule has 0 fully saturated rings. The van der Waals surface area contributed by atoms with Crippen molar-refractivity contribution in [2.75, 3.05) is 0 Å². The van der Waals surface area contributed by atoms with Crippen LogP contribution in [0.2, 0.25) is 0 Å². The second-order valence-corrected chi connectivity index (χ2v) is 4.41. The van der Waals surface area contributed by atoms with E-state index >= 15 is 0 Å². The molecule has 6 heteroatoms. The van der Waals surface area contributed by atoms with E-state index in [9.17, 15) is 19.3 Å². The number of nitro groups is 1. The van der Waals surface area contributed by atoms with E-state index in [1.54, 1.807) is 12.1 Å². The van der Waals surface area contributed by atoms with E-state index in [0.29, 0.717) is 0 Å². The first kappa shape index (κ1) is 14.6. The van der Waals surface area contributed by atoms with Crippen molar-refractivity contribution >= 4 is 11.5 Å². The van der Waals surface area contributed by atoms with Crippen LogP contribution >= 0.6 is 0 Å². The molecule has 2 aromatic carbocycles. The van der Waals surface area contributed by atoms with Gasteiger partial charge in [0.25, 0.3) is 5.69 Å². The number of nitrogens with zero attached hydrogens (tertiary/aromatic N) is 1. The van der Waals surface area contributed by atoms with Gasteiger partial charge >= 0.3 is 0 Å². The van der Waals surface area contributed by atoms with Crippen LogP contribution < -0.4 is 4.74 Å². The molecule has 2 rings (SSSR count). The third-order valence-corrected chi connectivity index (χ3v) is 2.86. The van der Waals surface area contributed by atoms with Crippen molar-refractivity contribution in [3.63, 3.8) is 0 Å². The van der Waals surface area contributed by atoms with Gasteiger partial charge in [-0.15, -0.1) is 0 Å². The van der Waals surface area contributed by atoms with Crippen molar-refractivity contribution in [3.8, 4) is 5.75 Å². The summed E-state index contributed by atoms with van der Waals surface area (Å²) in [6.45, 7) is 1.45. The number of rotatable bonds is 5. The molecule has 0 bridgehead atoms.